The number of hydrogen-bond acceptors (Lipinski definition) is 2. The maximum atomic E-state index is 13.2. The van der Waals surface area contributed by atoms with Crippen molar-refractivity contribution in [3.63, 3.8) is 0 Å². The highest BCUT2D eigenvalue weighted by Gasteiger charge is 2.12. The summed E-state index contributed by atoms with van der Waals surface area (Å²) in [7, 11) is 0. The molecule has 2 aromatic rings. The van der Waals surface area contributed by atoms with E-state index < -0.39 is 11.8 Å². The predicted molar refractivity (Wildman–Crippen MR) is 64.8 cm³/mol. The summed E-state index contributed by atoms with van der Waals surface area (Å²) < 4.78 is 13.2. The zero-order valence-corrected chi connectivity index (χ0v) is 9.43. The average Bonchev–Trinajstić information content (AvgIpc) is 2.32. The molecular weight excluding hydrogens is 235 g/mol. The third kappa shape index (κ3) is 2.48. The Balaban J connectivity index is 2.56. The minimum Gasteiger partial charge on any atom is -0.507 e. The van der Waals surface area contributed by atoms with Crippen molar-refractivity contribution in [3.8, 4) is 16.9 Å². The first-order valence-corrected chi connectivity index (χ1v) is 5.36. The Morgan fingerprint density at radius 1 is 1.11 bits per heavy atom. The maximum absolute atomic E-state index is 13.2. The molecule has 2 rings (SSSR count). The molecule has 3 nitrogen and oxygen atoms in total. The molecule has 0 atom stereocenters. The molecule has 0 fully saturated rings. The molecule has 0 unspecified atom stereocenters. The number of aliphatic carboxylic acids is 1. The van der Waals surface area contributed by atoms with Gasteiger partial charge in [-0.1, -0.05) is 24.3 Å². The molecule has 0 bridgehead atoms. The maximum Gasteiger partial charge on any atom is 0.307 e. The number of halogens is 1. The van der Waals surface area contributed by atoms with Crippen LogP contribution < -0.4 is 0 Å². The lowest BCUT2D eigenvalue weighted by atomic mass is 9.97. The van der Waals surface area contributed by atoms with Crippen LogP contribution in [-0.2, 0) is 11.2 Å². The first kappa shape index (κ1) is 12.1. The van der Waals surface area contributed by atoms with E-state index in [1.165, 1.54) is 12.1 Å². The Morgan fingerprint density at radius 3 is 2.56 bits per heavy atom. The van der Waals surface area contributed by atoms with Gasteiger partial charge in [0.1, 0.15) is 11.6 Å². The molecule has 92 valence electrons. The number of carboxylic acids is 1. The summed E-state index contributed by atoms with van der Waals surface area (Å²) in [5.74, 6) is -1.53. The first-order valence-electron chi connectivity index (χ1n) is 5.36. The van der Waals surface area contributed by atoms with E-state index in [1.54, 1.807) is 24.3 Å². The van der Waals surface area contributed by atoms with Crippen LogP contribution in [-0.4, -0.2) is 16.2 Å². The van der Waals surface area contributed by atoms with Crippen LogP contribution in [0.4, 0.5) is 4.39 Å². The van der Waals surface area contributed by atoms with E-state index in [0.717, 1.165) is 6.07 Å². The summed E-state index contributed by atoms with van der Waals surface area (Å²) in [5, 5.41) is 18.6. The second-order valence-corrected chi connectivity index (χ2v) is 3.89. The van der Waals surface area contributed by atoms with Crippen LogP contribution in [0.25, 0.3) is 11.1 Å². The van der Waals surface area contributed by atoms with Gasteiger partial charge in [0.15, 0.2) is 0 Å². The summed E-state index contributed by atoms with van der Waals surface area (Å²) in [6.45, 7) is 0. The van der Waals surface area contributed by atoms with E-state index in [0.29, 0.717) is 16.7 Å². The molecule has 0 aromatic heterocycles. The van der Waals surface area contributed by atoms with Gasteiger partial charge in [0, 0.05) is 5.56 Å². The molecule has 0 spiro atoms. The molecule has 2 aromatic carbocycles. The van der Waals surface area contributed by atoms with E-state index in [4.69, 9.17) is 5.11 Å². The van der Waals surface area contributed by atoms with Gasteiger partial charge in [0.05, 0.1) is 6.42 Å². The summed E-state index contributed by atoms with van der Waals surface area (Å²) in [5.41, 5.74) is 1.36. The van der Waals surface area contributed by atoms with Gasteiger partial charge in [-0.25, -0.2) is 4.39 Å². The summed E-state index contributed by atoms with van der Waals surface area (Å²) in [6.07, 6.45) is -0.174. The van der Waals surface area contributed by atoms with Crippen molar-refractivity contribution >= 4 is 5.97 Å². The van der Waals surface area contributed by atoms with Crippen LogP contribution in [0.5, 0.6) is 5.75 Å². The minimum atomic E-state index is -0.974. The molecule has 0 radical (unpaired) electrons. The molecular formula is C14H11FO3. The summed E-state index contributed by atoms with van der Waals surface area (Å²) in [6, 6.07) is 10.3. The van der Waals surface area contributed by atoms with E-state index in [-0.39, 0.29) is 12.2 Å². The highest BCUT2D eigenvalue weighted by atomic mass is 19.1. The number of hydrogen-bond donors (Lipinski definition) is 2. The molecule has 0 amide bonds. The van der Waals surface area contributed by atoms with Gasteiger partial charge >= 0.3 is 5.97 Å². The van der Waals surface area contributed by atoms with Crippen molar-refractivity contribution in [2.45, 2.75) is 6.42 Å². The van der Waals surface area contributed by atoms with E-state index in [2.05, 4.69) is 0 Å². The first-order chi connectivity index (χ1) is 8.58. The van der Waals surface area contributed by atoms with E-state index in [9.17, 15) is 14.3 Å². The number of carboxylic acid groups (broad SMARTS) is 1. The van der Waals surface area contributed by atoms with Crippen LogP contribution in [0.3, 0.4) is 0 Å². The standard InChI is InChI=1S/C14H11FO3/c15-10-5-6-13(16)12(8-10)11-4-2-1-3-9(11)7-14(17)18/h1-6,8,16H,7H2,(H,17,18). The fourth-order valence-corrected chi connectivity index (χ4v) is 1.82. The molecule has 0 heterocycles. The van der Waals surface area contributed by atoms with Crippen LogP contribution >= 0.6 is 0 Å². The van der Waals surface area contributed by atoms with Gasteiger partial charge in [0.2, 0.25) is 0 Å². The molecule has 0 saturated heterocycles. The molecule has 18 heavy (non-hydrogen) atoms. The number of rotatable bonds is 3. The van der Waals surface area contributed by atoms with Gasteiger partial charge in [-0.15, -0.1) is 0 Å². The molecule has 0 saturated carbocycles. The van der Waals surface area contributed by atoms with E-state index >= 15 is 0 Å². The summed E-state index contributed by atoms with van der Waals surface area (Å²) in [4.78, 5) is 10.8. The van der Waals surface area contributed by atoms with Crippen LogP contribution in [0.15, 0.2) is 42.5 Å². The monoisotopic (exact) mass is 246 g/mol. The fraction of sp³-hybridized carbons (Fsp3) is 0.0714. The number of benzene rings is 2. The van der Waals surface area contributed by atoms with Crippen molar-refractivity contribution in [1.82, 2.24) is 0 Å². The van der Waals surface area contributed by atoms with Crippen molar-refractivity contribution in [2.24, 2.45) is 0 Å². The van der Waals surface area contributed by atoms with Gasteiger partial charge < -0.3 is 10.2 Å². The van der Waals surface area contributed by atoms with Gasteiger partial charge in [-0.3, -0.25) is 4.79 Å². The largest absolute Gasteiger partial charge is 0.507 e. The molecule has 4 heteroatoms. The number of phenolic OH excluding ortho intramolecular Hbond substituents is 1. The molecule has 0 aliphatic rings. The Hall–Kier alpha value is -2.36. The summed E-state index contributed by atoms with van der Waals surface area (Å²) >= 11 is 0. The Morgan fingerprint density at radius 2 is 1.83 bits per heavy atom. The molecule has 0 aliphatic heterocycles. The van der Waals surface area contributed by atoms with Crippen molar-refractivity contribution in [2.75, 3.05) is 0 Å². The van der Waals surface area contributed by atoms with Crippen LogP contribution in [0.1, 0.15) is 5.56 Å². The number of carbonyl (C=O) groups is 1. The quantitative estimate of drug-likeness (QED) is 0.875. The fourth-order valence-electron chi connectivity index (χ4n) is 1.82. The second kappa shape index (κ2) is 4.87. The highest BCUT2D eigenvalue weighted by molar-refractivity contribution is 5.78. The Kier molecular flexibility index (Phi) is 3.28. The van der Waals surface area contributed by atoms with Gasteiger partial charge in [-0.05, 0) is 29.3 Å². The normalized spacial score (nSPS) is 10.3. The lowest BCUT2D eigenvalue weighted by Gasteiger charge is -2.09. The zero-order valence-electron chi connectivity index (χ0n) is 9.43. The lowest BCUT2D eigenvalue weighted by molar-refractivity contribution is -0.136. The lowest BCUT2D eigenvalue weighted by Crippen LogP contribution is -2.01. The Labute approximate surface area is 103 Å². The number of phenols is 1. The minimum absolute atomic E-state index is 0.0748. The average molecular weight is 246 g/mol. The molecule has 2 N–H and O–H groups in total. The molecule has 0 aliphatic carbocycles. The van der Waals surface area contributed by atoms with E-state index in [1.807, 2.05) is 0 Å². The van der Waals surface area contributed by atoms with Crippen molar-refractivity contribution in [1.29, 1.82) is 0 Å². The highest BCUT2D eigenvalue weighted by Crippen LogP contribution is 2.32. The third-order valence-electron chi connectivity index (χ3n) is 2.61. The van der Waals surface area contributed by atoms with Crippen LogP contribution in [0.2, 0.25) is 0 Å². The third-order valence-corrected chi connectivity index (χ3v) is 2.61. The topological polar surface area (TPSA) is 57.5 Å². The van der Waals surface area contributed by atoms with Crippen molar-refractivity contribution < 1.29 is 19.4 Å². The SMILES string of the molecule is O=C(O)Cc1ccccc1-c1cc(F)ccc1O. The Bertz CT molecular complexity index is 593. The smallest absolute Gasteiger partial charge is 0.307 e. The number of aromatic hydroxyl groups is 1. The second-order valence-electron chi connectivity index (χ2n) is 3.89. The van der Waals surface area contributed by atoms with Gasteiger partial charge in [0.25, 0.3) is 0 Å². The van der Waals surface area contributed by atoms with Crippen molar-refractivity contribution in [3.05, 3.63) is 53.8 Å². The zero-order chi connectivity index (χ0) is 13.1. The predicted octanol–water partition coefficient (Wildman–Crippen LogP) is 2.83. The van der Waals surface area contributed by atoms with Gasteiger partial charge in [-0.2, -0.15) is 0 Å². The van der Waals surface area contributed by atoms with Crippen LogP contribution in [0, 0.1) is 5.82 Å².